The number of ether oxygens (including phenoxy) is 2. The number of amides is 1. The first kappa shape index (κ1) is 19.8. The molecule has 3 rings (SSSR count). The van der Waals surface area contributed by atoms with Crippen molar-refractivity contribution in [1.29, 1.82) is 0 Å². The Bertz CT molecular complexity index is 976. The lowest BCUT2D eigenvalue weighted by Gasteiger charge is -2.14. The maximum Gasteiger partial charge on any atom is 0.332 e. The zero-order valence-corrected chi connectivity index (χ0v) is 15.6. The van der Waals surface area contributed by atoms with E-state index in [1.807, 2.05) is 24.3 Å². The average molecular weight is 406 g/mol. The number of fused-ring (bicyclic) bond motifs is 1. The molecule has 6 nitrogen and oxygen atoms in total. The summed E-state index contributed by atoms with van der Waals surface area (Å²) >= 11 is 1.46. The molecule has 1 aromatic heterocycles. The third kappa shape index (κ3) is 5.08. The lowest BCUT2D eigenvalue weighted by Crippen LogP contribution is -2.31. The van der Waals surface area contributed by atoms with E-state index < -0.39 is 29.6 Å². The number of anilines is 1. The van der Waals surface area contributed by atoms with Gasteiger partial charge in [-0.05, 0) is 31.2 Å². The van der Waals surface area contributed by atoms with Crippen molar-refractivity contribution in [2.75, 3.05) is 11.9 Å². The standard InChI is InChI=1S/C19H16F2N2O4S/c1-11(19(25)23-14-7-6-12(20)8-13(14)21)27-18(24)10-26-9-17-22-15-4-2-3-5-16(15)28-17/h2-8,11H,9-10H2,1H3,(H,23,25)/t11-/m0/s1. The van der Waals surface area contributed by atoms with Gasteiger partial charge in [0.25, 0.3) is 5.91 Å². The van der Waals surface area contributed by atoms with Gasteiger partial charge in [-0.25, -0.2) is 18.6 Å². The summed E-state index contributed by atoms with van der Waals surface area (Å²) in [6.45, 7) is 1.11. The smallest absolute Gasteiger partial charge is 0.332 e. The highest BCUT2D eigenvalue weighted by Gasteiger charge is 2.19. The predicted molar refractivity (Wildman–Crippen MR) is 99.8 cm³/mol. The minimum Gasteiger partial charge on any atom is -0.451 e. The molecule has 0 bridgehead atoms. The molecule has 1 amide bonds. The maximum atomic E-state index is 13.6. The van der Waals surface area contributed by atoms with Crippen LogP contribution in [-0.2, 0) is 25.7 Å². The Morgan fingerprint density at radius 3 is 2.75 bits per heavy atom. The van der Waals surface area contributed by atoms with Crippen molar-refractivity contribution in [2.45, 2.75) is 19.6 Å². The van der Waals surface area contributed by atoms with Crippen LogP contribution in [0.2, 0.25) is 0 Å². The fourth-order valence-corrected chi connectivity index (χ4v) is 3.22. The normalized spacial score (nSPS) is 12.0. The summed E-state index contributed by atoms with van der Waals surface area (Å²) in [7, 11) is 0. The molecule has 0 saturated heterocycles. The van der Waals surface area contributed by atoms with E-state index >= 15 is 0 Å². The second kappa shape index (κ2) is 8.85. The molecule has 0 spiro atoms. The van der Waals surface area contributed by atoms with Crippen LogP contribution < -0.4 is 5.32 Å². The van der Waals surface area contributed by atoms with Gasteiger partial charge < -0.3 is 14.8 Å². The molecule has 0 saturated carbocycles. The Kier molecular flexibility index (Phi) is 6.27. The van der Waals surface area contributed by atoms with E-state index in [9.17, 15) is 18.4 Å². The van der Waals surface area contributed by atoms with Crippen molar-refractivity contribution in [3.8, 4) is 0 Å². The molecule has 2 aromatic carbocycles. The molecule has 0 aliphatic rings. The lowest BCUT2D eigenvalue weighted by molar-refractivity contribution is -0.157. The van der Waals surface area contributed by atoms with E-state index in [1.54, 1.807) is 0 Å². The van der Waals surface area contributed by atoms with E-state index in [4.69, 9.17) is 9.47 Å². The first-order valence-corrected chi connectivity index (χ1v) is 9.11. The molecular formula is C19H16F2N2O4S. The van der Waals surface area contributed by atoms with Crippen molar-refractivity contribution in [1.82, 2.24) is 4.98 Å². The number of carbonyl (C=O) groups is 2. The van der Waals surface area contributed by atoms with Gasteiger partial charge in [0.2, 0.25) is 0 Å². The Morgan fingerprint density at radius 1 is 1.21 bits per heavy atom. The highest BCUT2D eigenvalue weighted by molar-refractivity contribution is 7.18. The molecule has 1 N–H and O–H groups in total. The van der Waals surface area contributed by atoms with Crippen LogP contribution in [0.5, 0.6) is 0 Å². The SMILES string of the molecule is C[C@H](OC(=O)COCc1nc2ccccc2s1)C(=O)Nc1ccc(F)cc1F. The van der Waals surface area contributed by atoms with Gasteiger partial charge >= 0.3 is 5.97 Å². The van der Waals surface area contributed by atoms with Crippen LogP contribution >= 0.6 is 11.3 Å². The van der Waals surface area contributed by atoms with E-state index in [1.165, 1.54) is 18.3 Å². The molecule has 0 unspecified atom stereocenters. The van der Waals surface area contributed by atoms with Crippen LogP contribution in [0.1, 0.15) is 11.9 Å². The topological polar surface area (TPSA) is 77.5 Å². The molecule has 0 aliphatic heterocycles. The third-order valence-corrected chi connectivity index (χ3v) is 4.66. The van der Waals surface area contributed by atoms with Crippen molar-refractivity contribution in [3.05, 3.63) is 59.1 Å². The number of benzene rings is 2. The van der Waals surface area contributed by atoms with Gasteiger partial charge in [0.1, 0.15) is 23.2 Å². The van der Waals surface area contributed by atoms with Gasteiger partial charge in [-0.3, -0.25) is 4.79 Å². The number of carbonyl (C=O) groups excluding carboxylic acids is 2. The van der Waals surface area contributed by atoms with E-state index in [-0.39, 0.29) is 18.9 Å². The number of nitrogens with zero attached hydrogens (tertiary/aromatic N) is 1. The summed E-state index contributed by atoms with van der Waals surface area (Å²) in [5.74, 6) is -3.18. The summed E-state index contributed by atoms with van der Waals surface area (Å²) < 4.78 is 37.7. The van der Waals surface area contributed by atoms with Gasteiger partial charge in [0.05, 0.1) is 22.5 Å². The lowest BCUT2D eigenvalue weighted by atomic mass is 10.2. The highest BCUT2D eigenvalue weighted by Crippen LogP contribution is 2.22. The van der Waals surface area contributed by atoms with Crippen LogP contribution in [0.25, 0.3) is 10.2 Å². The highest BCUT2D eigenvalue weighted by atomic mass is 32.1. The summed E-state index contributed by atoms with van der Waals surface area (Å²) in [5.41, 5.74) is 0.647. The monoisotopic (exact) mass is 406 g/mol. The number of halogens is 2. The predicted octanol–water partition coefficient (Wildman–Crippen LogP) is 3.66. The Balaban J connectivity index is 1.45. The van der Waals surface area contributed by atoms with Gasteiger partial charge in [0, 0.05) is 6.07 Å². The van der Waals surface area contributed by atoms with Crippen LogP contribution in [-0.4, -0.2) is 29.6 Å². The minimum absolute atomic E-state index is 0.135. The van der Waals surface area contributed by atoms with Crippen molar-refractivity contribution < 1.29 is 27.8 Å². The zero-order valence-electron chi connectivity index (χ0n) is 14.8. The third-order valence-electron chi connectivity index (χ3n) is 3.65. The minimum atomic E-state index is -1.18. The van der Waals surface area contributed by atoms with E-state index in [0.29, 0.717) is 11.1 Å². The van der Waals surface area contributed by atoms with Crippen LogP contribution in [0.3, 0.4) is 0 Å². The molecule has 1 atom stereocenters. The number of rotatable bonds is 7. The summed E-state index contributed by atoms with van der Waals surface area (Å²) in [6.07, 6.45) is -1.18. The van der Waals surface area contributed by atoms with E-state index in [0.717, 1.165) is 22.3 Å². The molecule has 1 heterocycles. The van der Waals surface area contributed by atoms with Crippen molar-refractivity contribution in [3.63, 3.8) is 0 Å². The van der Waals surface area contributed by atoms with Gasteiger partial charge in [-0.15, -0.1) is 11.3 Å². The summed E-state index contributed by atoms with van der Waals surface area (Å²) in [4.78, 5) is 28.2. The maximum absolute atomic E-state index is 13.6. The first-order valence-electron chi connectivity index (χ1n) is 8.30. The van der Waals surface area contributed by atoms with E-state index in [2.05, 4.69) is 10.3 Å². The van der Waals surface area contributed by atoms with Crippen LogP contribution in [0.4, 0.5) is 14.5 Å². The zero-order chi connectivity index (χ0) is 20.1. The molecule has 146 valence electrons. The van der Waals surface area contributed by atoms with Crippen molar-refractivity contribution in [2.24, 2.45) is 0 Å². The molecule has 3 aromatic rings. The number of para-hydroxylation sites is 1. The fraction of sp³-hybridized carbons (Fsp3) is 0.211. The number of esters is 1. The average Bonchev–Trinajstić information content (AvgIpc) is 3.06. The van der Waals surface area contributed by atoms with Gasteiger partial charge in [-0.2, -0.15) is 0 Å². The molecule has 28 heavy (non-hydrogen) atoms. The first-order chi connectivity index (χ1) is 13.4. The number of hydrogen-bond donors (Lipinski definition) is 1. The largest absolute Gasteiger partial charge is 0.451 e. The van der Waals surface area contributed by atoms with Gasteiger partial charge in [0.15, 0.2) is 6.10 Å². The fourth-order valence-electron chi connectivity index (χ4n) is 2.31. The molecule has 9 heteroatoms. The Hall–Kier alpha value is -2.91. The molecule has 0 aliphatic carbocycles. The van der Waals surface area contributed by atoms with Crippen LogP contribution in [0, 0.1) is 11.6 Å². The van der Waals surface area contributed by atoms with Crippen molar-refractivity contribution >= 4 is 39.1 Å². The number of hydrogen-bond acceptors (Lipinski definition) is 6. The number of aromatic nitrogens is 1. The second-order valence-corrected chi connectivity index (χ2v) is 6.93. The number of thiazole rings is 1. The second-order valence-electron chi connectivity index (χ2n) is 5.81. The quantitative estimate of drug-likeness (QED) is 0.606. The van der Waals surface area contributed by atoms with Gasteiger partial charge in [-0.1, -0.05) is 12.1 Å². The number of nitrogens with one attached hydrogen (secondary N) is 1. The Labute approximate surface area is 163 Å². The molecule has 0 radical (unpaired) electrons. The van der Waals surface area contributed by atoms with Crippen LogP contribution in [0.15, 0.2) is 42.5 Å². The summed E-state index contributed by atoms with van der Waals surface area (Å²) in [6, 6.07) is 10.3. The molecular weight excluding hydrogens is 390 g/mol. The summed E-state index contributed by atoms with van der Waals surface area (Å²) in [5, 5.41) is 2.95. The molecule has 0 fully saturated rings. The Morgan fingerprint density at radius 2 is 2.00 bits per heavy atom.